The van der Waals surface area contributed by atoms with Crippen LogP contribution in [-0.2, 0) is 9.59 Å². The lowest BCUT2D eigenvalue weighted by atomic mass is 10.0. The van der Waals surface area contributed by atoms with Crippen molar-refractivity contribution in [1.82, 2.24) is 5.32 Å². The van der Waals surface area contributed by atoms with Gasteiger partial charge in [-0.05, 0) is 44.9 Å². The number of carbonyl (C=O) groups is 2. The maximum absolute atomic E-state index is 13.5. The van der Waals surface area contributed by atoms with Crippen LogP contribution in [0.2, 0.25) is 0 Å². The van der Waals surface area contributed by atoms with Crippen LogP contribution in [0, 0.1) is 12.7 Å². The van der Waals surface area contributed by atoms with Crippen molar-refractivity contribution < 1.29 is 19.1 Å². The van der Waals surface area contributed by atoms with Gasteiger partial charge in [0.1, 0.15) is 5.82 Å². The summed E-state index contributed by atoms with van der Waals surface area (Å²) < 4.78 is 13.5. The number of nitrogens with one attached hydrogen (secondary N) is 1. The molecule has 20 heavy (non-hydrogen) atoms. The van der Waals surface area contributed by atoms with Crippen LogP contribution >= 0.6 is 0 Å². The summed E-state index contributed by atoms with van der Waals surface area (Å²) in [5.41, 5.74) is 1.29. The Balaban J connectivity index is 2.88. The van der Waals surface area contributed by atoms with Gasteiger partial charge in [0, 0.05) is 11.1 Å². The van der Waals surface area contributed by atoms with Crippen LogP contribution in [0.5, 0.6) is 0 Å². The Morgan fingerprint density at radius 3 is 2.35 bits per heavy atom. The Labute approximate surface area is 117 Å². The molecule has 0 aromatic heterocycles. The molecule has 2 N–H and O–H groups in total. The van der Waals surface area contributed by atoms with Gasteiger partial charge in [0.25, 0.3) is 0 Å². The number of halogens is 1. The Morgan fingerprint density at radius 1 is 1.25 bits per heavy atom. The zero-order valence-corrected chi connectivity index (χ0v) is 12.0. The quantitative estimate of drug-likeness (QED) is 0.833. The minimum absolute atomic E-state index is 0.00946. The molecule has 0 radical (unpaired) electrons. The van der Waals surface area contributed by atoms with Crippen molar-refractivity contribution in [2.45, 2.75) is 33.7 Å². The molecule has 0 aliphatic heterocycles. The molecule has 1 aromatic rings. The Bertz CT molecular complexity index is 578. The number of carboxylic acids is 1. The highest BCUT2D eigenvalue weighted by molar-refractivity contribution is 6.01. The molecule has 0 aliphatic carbocycles. The maximum Gasteiger partial charge on any atom is 0.331 e. The molecule has 0 bridgehead atoms. The lowest BCUT2D eigenvalue weighted by Gasteiger charge is -2.15. The second-order valence-corrected chi connectivity index (χ2v) is 4.76. The molecule has 1 unspecified atom stereocenters. The topological polar surface area (TPSA) is 66.4 Å². The molecule has 5 heteroatoms. The number of aryl methyl sites for hydroxylation is 1. The van der Waals surface area contributed by atoms with E-state index >= 15 is 0 Å². The summed E-state index contributed by atoms with van der Waals surface area (Å²) >= 11 is 0. The third-order valence-corrected chi connectivity index (χ3v) is 3.27. The van der Waals surface area contributed by atoms with Crippen molar-refractivity contribution >= 4 is 11.9 Å². The first-order chi connectivity index (χ1) is 9.23. The average molecular weight is 279 g/mol. The van der Waals surface area contributed by atoms with Crippen LogP contribution in [0.25, 0.3) is 0 Å². The third kappa shape index (κ3) is 3.66. The standard InChI is InChI=1S/C15H18FNO3/c1-8-5-6-12(7-13(8)16)11(4)17-14(18)9(2)10(3)15(19)20/h5-7,11H,1-4H3,(H,17,18)(H,19,20)/b10-9-. The van der Waals surface area contributed by atoms with E-state index in [-0.39, 0.29) is 17.0 Å². The van der Waals surface area contributed by atoms with Crippen LogP contribution in [-0.4, -0.2) is 17.0 Å². The SMILES string of the molecule is C/C(C(=O)O)=C(\C)C(=O)NC(C)c1ccc(C)c(F)c1. The monoisotopic (exact) mass is 279 g/mol. The molecule has 108 valence electrons. The Hall–Kier alpha value is -2.17. The van der Waals surface area contributed by atoms with Crippen molar-refractivity contribution in [2.75, 3.05) is 0 Å². The smallest absolute Gasteiger partial charge is 0.331 e. The first-order valence-corrected chi connectivity index (χ1v) is 6.21. The molecular formula is C15H18FNO3. The molecule has 0 saturated heterocycles. The van der Waals surface area contributed by atoms with Crippen molar-refractivity contribution in [3.8, 4) is 0 Å². The van der Waals surface area contributed by atoms with Gasteiger partial charge in [-0.1, -0.05) is 12.1 Å². The van der Waals surface area contributed by atoms with Gasteiger partial charge in [-0.3, -0.25) is 4.79 Å². The number of rotatable bonds is 4. The third-order valence-electron chi connectivity index (χ3n) is 3.27. The Morgan fingerprint density at radius 2 is 1.85 bits per heavy atom. The molecule has 0 fully saturated rings. The molecule has 1 rings (SSSR count). The number of amides is 1. The minimum atomic E-state index is -1.13. The van der Waals surface area contributed by atoms with Crippen molar-refractivity contribution in [3.63, 3.8) is 0 Å². The van der Waals surface area contributed by atoms with Crippen LogP contribution in [0.15, 0.2) is 29.3 Å². The number of benzene rings is 1. The molecule has 0 saturated carbocycles. The van der Waals surface area contributed by atoms with Crippen LogP contribution < -0.4 is 5.32 Å². The molecule has 4 nitrogen and oxygen atoms in total. The van der Waals surface area contributed by atoms with E-state index in [1.54, 1.807) is 26.0 Å². The summed E-state index contributed by atoms with van der Waals surface area (Å²) in [5.74, 6) is -1.94. The van der Waals surface area contributed by atoms with Gasteiger partial charge in [0.15, 0.2) is 0 Å². The van der Waals surface area contributed by atoms with E-state index in [0.717, 1.165) is 0 Å². The second-order valence-electron chi connectivity index (χ2n) is 4.76. The molecule has 1 amide bonds. The number of aliphatic carboxylic acids is 1. The highest BCUT2D eigenvalue weighted by Crippen LogP contribution is 2.17. The molecule has 0 spiro atoms. The van der Waals surface area contributed by atoms with E-state index in [9.17, 15) is 14.0 Å². The largest absolute Gasteiger partial charge is 0.478 e. The maximum atomic E-state index is 13.5. The fourth-order valence-corrected chi connectivity index (χ4v) is 1.60. The Kier molecular flexibility index (Phi) is 5.02. The summed E-state index contributed by atoms with van der Waals surface area (Å²) in [6.45, 7) is 6.19. The summed E-state index contributed by atoms with van der Waals surface area (Å²) in [5, 5.41) is 11.5. The zero-order chi connectivity index (χ0) is 15.4. The summed E-state index contributed by atoms with van der Waals surface area (Å²) in [4.78, 5) is 22.7. The highest BCUT2D eigenvalue weighted by Gasteiger charge is 2.16. The molecule has 1 atom stereocenters. The van der Waals surface area contributed by atoms with E-state index in [0.29, 0.717) is 11.1 Å². The van der Waals surface area contributed by atoms with Gasteiger partial charge in [0.05, 0.1) is 6.04 Å². The lowest BCUT2D eigenvalue weighted by molar-refractivity contribution is -0.133. The van der Waals surface area contributed by atoms with Crippen molar-refractivity contribution in [2.24, 2.45) is 0 Å². The lowest BCUT2D eigenvalue weighted by Crippen LogP contribution is -2.28. The van der Waals surface area contributed by atoms with E-state index in [1.807, 2.05) is 0 Å². The molecular weight excluding hydrogens is 261 g/mol. The number of carbonyl (C=O) groups excluding carboxylic acids is 1. The van der Waals surface area contributed by atoms with Gasteiger partial charge < -0.3 is 10.4 Å². The van der Waals surface area contributed by atoms with Gasteiger partial charge in [-0.25, -0.2) is 9.18 Å². The van der Waals surface area contributed by atoms with Crippen molar-refractivity contribution in [3.05, 3.63) is 46.3 Å². The van der Waals surface area contributed by atoms with Gasteiger partial charge >= 0.3 is 5.97 Å². The van der Waals surface area contributed by atoms with Crippen LogP contribution in [0.3, 0.4) is 0 Å². The predicted molar refractivity (Wildman–Crippen MR) is 73.7 cm³/mol. The summed E-state index contributed by atoms with van der Waals surface area (Å²) in [6, 6.07) is 4.32. The van der Waals surface area contributed by atoms with Crippen LogP contribution in [0.4, 0.5) is 4.39 Å². The number of hydrogen-bond donors (Lipinski definition) is 2. The molecule has 1 aromatic carbocycles. The van der Waals surface area contributed by atoms with Crippen molar-refractivity contribution in [1.29, 1.82) is 0 Å². The second kappa shape index (κ2) is 6.32. The van der Waals surface area contributed by atoms with E-state index in [2.05, 4.69) is 5.32 Å². The zero-order valence-electron chi connectivity index (χ0n) is 12.0. The van der Waals surface area contributed by atoms with Gasteiger partial charge in [-0.15, -0.1) is 0 Å². The first-order valence-electron chi connectivity index (χ1n) is 6.21. The van der Waals surface area contributed by atoms with Crippen LogP contribution in [0.1, 0.15) is 37.9 Å². The molecule has 0 heterocycles. The number of carboxylic acid groups (broad SMARTS) is 1. The number of hydrogen-bond acceptors (Lipinski definition) is 2. The van der Waals surface area contributed by atoms with E-state index in [1.165, 1.54) is 19.9 Å². The fourth-order valence-electron chi connectivity index (χ4n) is 1.60. The summed E-state index contributed by atoms with van der Waals surface area (Å²) in [7, 11) is 0. The first kappa shape index (κ1) is 15.9. The average Bonchev–Trinajstić information content (AvgIpc) is 2.39. The van der Waals surface area contributed by atoms with Gasteiger partial charge in [-0.2, -0.15) is 0 Å². The highest BCUT2D eigenvalue weighted by atomic mass is 19.1. The van der Waals surface area contributed by atoms with Gasteiger partial charge in [0.2, 0.25) is 5.91 Å². The van der Waals surface area contributed by atoms with E-state index < -0.39 is 17.9 Å². The summed E-state index contributed by atoms with van der Waals surface area (Å²) in [6.07, 6.45) is 0. The molecule has 0 aliphatic rings. The fraction of sp³-hybridized carbons (Fsp3) is 0.333. The normalized spacial score (nSPS) is 13.4. The predicted octanol–water partition coefficient (Wildman–Crippen LogP) is 2.73. The van der Waals surface area contributed by atoms with E-state index in [4.69, 9.17) is 5.11 Å². The minimum Gasteiger partial charge on any atom is -0.478 e.